The Labute approximate surface area is 180 Å². The largest absolute Gasteiger partial charge is 0.382 e. The highest BCUT2D eigenvalue weighted by Crippen LogP contribution is 2.42. The monoisotopic (exact) mass is 421 g/mol. The Kier molecular flexibility index (Phi) is 4.81. The van der Waals surface area contributed by atoms with Crippen LogP contribution in [-0.4, -0.2) is 69.1 Å². The second-order valence-electron chi connectivity index (χ2n) is 8.48. The van der Waals surface area contributed by atoms with Gasteiger partial charge in [0.15, 0.2) is 5.69 Å². The Morgan fingerprint density at radius 3 is 2.81 bits per heavy atom. The number of nitrogens with one attached hydrogen (secondary N) is 2. The fraction of sp³-hybridized carbons (Fsp3) is 0.435. The zero-order chi connectivity index (χ0) is 21.6. The van der Waals surface area contributed by atoms with E-state index in [9.17, 15) is 9.59 Å². The number of carbonyl (C=O) groups excluding carboxylic acids is 2. The number of H-pyrrole nitrogens is 2. The molecule has 5 rings (SSSR count). The standard InChI is InChI=1S/C23H27N5O3/c1-3-28(23(9-10-23)14-31-2)22(30)20-16-13-27(11-8-18(16)25-26-20)21(29)19-12-15-6-4-5-7-17(15)24-19/h4-7,12,24H,3,8-11,13-14H2,1-2H3,(H,25,26). The van der Waals surface area contributed by atoms with E-state index in [1.54, 1.807) is 12.0 Å². The van der Waals surface area contributed by atoms with Crippen molar-refractivity contribution in [2.75, 3.05) is 26.8 Å². The molecular formula is C23H27N5O3. The molecule has 3 aromatic rings. The SMILES string of the molecule is CCN(C(=O)c1n[nH]c2c1CN(C(=O)c1cc3ccccc3[nH]1)CC2)C1(COC)CC1. The minimum Gasteiger partial charge on any atom is -0.382 e. The molecule has 0 spiro atoms. The lowest BCUT2D eigenvalue weighted by molar-refractivity contribution is 0.0477. The smallest absolute Gasteiger partial charge is 0.275 e. The molecule has 1 fully saturated rings. The Morgan fingerprint density at radius 1 is 1.29 bits per heavy atom. The van der Waals surface area contributed by atoms with Crippen LogP contribution in [0.15, 0.2) is 30.3 Å². The molecular weight excluding hydrogens is 394 g/mol. The molecule has 3 heterocycles. The van der Waals surface area contributed by atoms with Gasteiger partial charge < -0.3 is 19.5 Å². The van der Waals surface area contributed by atoms with Gasteiger partial charge >= 0.3 is 0 Å². The van der Waals surface area contributed by atoms with Gasteiger partial charge in [0.2, 0.25) is 0 Å². The third-order valence-electron chi connectivity index (χ3n) is 6.56. The molecule has 0 atom stereocenters. The summed E-state index contributed by atoms with van der Waals surface area (Å²) in [6.07, 6.45) is 2.53. The summed E-state index contributed by atoms with van der Waals surface area (Å²) in [5, 5.41) is 8.41. The van der Waals surface area contributed by atoms with Crippen LogP contribution in [0.4, 0.5) is 0 Å². The number of para-hydroxylation sites is 1. The number of amides is 2. The van der Waals surface area contributed by atoms with Crippen molar-refractivity contribution in [1.82, 2.24) is 25.0 Å². The summed E-state index contributed by atoms with van der Waals surface area (Å²) in [7, 11) is 1.67. The maximum Gasteiger partial charge on any atom is 0.275 e. The van der Waals surface area contributed by atoms with Crippen LogP contribution < -0.4 is 0 Å². The highest BCUT2D eigenvalue weighted by Gasteiger charge is 2.50. The first-order valence-corrected chi connectivity index (χ1v) is 10.8. The van der Waals surface area contributed by atoms with Crippen LogP contribution in [0, 0.1) is 0 Å². The number of likely N-dealkylation sites (N-methyl/N-ethyl adjacent to an activating group) is 1. The summed E-state index contributed by atoms with van der Waals surface area (Å²) < 4.78 is 5.38. The number of hydrogen-bond donors (Lipinski definition) is 2. The number of rotatable bonds is 6. The Hall–Kier alpha value is -3.13. The first-order valence-electron chi connectivity index (χ1n) is 10.8. The second-order valence-corrected chi connectivity index (χ2v) is 8.48. The van der Waals surface area contributed by atoms with Crippen LogP contribution in [0.5, 0.6) is 0 Å². The molecule has 162 valence electrons. The van der Waals surface area contributed by atoms with Gasteiger partial charge in [-0.3, -0.25) is 14.7 Å². The first kappa shape index (κ1) is 19.8. The molecule has 0 radical (unpaired) electrons. The van der Waals surface area contributed by atoms with Gasteiger partial charge in [0.25, 0.3) is 11.8 Å². The lowest BCUT2D eigenvalue weighted by Crippen LogP contribution is -2.45. The summed E-state index contributed by atoms with van der Waals surface area (Å²) in [4.78, 5) is 33.5. The third kappa shape index (κ3) is 3.31. The van der Waals surface area contributed by atoms with Gasteiger partial charge in [-0.05, 0) is 31.9 Å². The number of fused-ring (bicyclic) bond motifs is 2. The fourth-order valence-corrected chi connectivity index (χ4v) is 4.73. The number of hydrogen-bond acceptors (Lipinski definition) is 4. The zero-order valence-corrected chi connectivity index (χ0v) is 17.9. The summed E-state index contributed by atoms with van der Waals surface area (Å²) in [6, 6.07) is 9.72. The van der Waals surface area contributed by atoms with E-state index in [2.05, 4.69) is 15.2 Å². The molecule has 8 nitrogen and oxygen atoms in total. The maximum absolute atomic E-state index is 13.4. The predicted octanol–water partition coefficient (Wildman–Crippen LogP) is 2.73. The van der Waals surface area contributed by atoms with Gasteiger partial charge in [0.05, 0.1) is 18.7 Å². The molecule has 2 aliphatic rings. The minimum atomic E-state index is -0.221. The van der Waals surface area contributed by atoms with Crippen LogP contribution in [0.25, 0.3) is 10.9 Å². The van der Waals surface area contributed by atoms with E-state index >= 15 is 0 Å². The zero-order valence-electron chi connectivity index (χ0n) is 17.9. The van der Waals surface area contributed by atoms with E-state index in [0.717, 1.165) is 35.0 Å². The number of ether oxygens (including phenoxy) is 1. The molecule has 2 N–H and O–H groups in total. The van der Waals surface area contributed by atoms with Gasteiger partial charge in [-0.25, -0.2) is 0 Å². The Bertz CT molecular complexity index is 1110. The van der Waals surface area contributed by atoms with E-state index in [4.69, 9.17) is 4.74 Å². The minimum absolute atomic E-state index is 0.0631. The molecule has 2 amide bonds. The number of benzene rings is 1. The number of aromatic nitrogens is 3. The summed E-state index contributed by atoms with van der Waals surface area (Å²) in [6.45, 7) is 4.07. The topological polar surface area (TPSA) is 94.3 Å². The van der Waals surface area contributed by atoms with Gasteiger partial charge in [-0.2, -0.15) is 5.10 Å². The molecule has 1 aliphatic heterocycles. The van der Waals surface area contributed by atoms with Gasteiger partial charge in [-0.1, -0.05) is 18.2 Å². The third-order valence-corrected chi connectivity index (χ3v) is 6.56. The van der Waals surface area contributed by atoms with Gasteiger partial charge in [0.1, 0.15) is 5.69 Å². The quantitative estimate of drug-likeness (QED) is 0.640. The average molecular weight is 422 g/mol. The van der Waals surface area contributed by atoms with Crippen LogP contribution in [0.3, 0.4) is 0 Å². The highest BCUT2D eigenvalue weighted by atomic mass is 16.5. The highest BCUT2D eigenvalue weighted by molar-refractivity contribution is 5.99. The van der Waals surface area contributed by atoms with Crippen molar-refractivity contribution in [2.45, 2.75) is 38.3 Å². The molecule has 0 bridgehead atoms. The van der Waals surface area contributed by atoms with Crippen molar-refractivity contribution in [2.24, 2.45) is 0 Å². The van der Waals surface area contributed by atoms with Crippen LogP contribution in [0.2, 0.25) is 0 Å². The van der Waals surface area contributed by atoms with Crippen LogP contribution in [-0.2, 0) is 17.7 Å². The Balaban J connectivity index is 1.39. The van der Waals surface area contributed by atoms with Gasteiger partial charge in [-0.15, -0.1) is 0 Å². The lowest BCUT2D eigenvalue weighted by atomic mass is 10.0. The number of methoxy groups -OCH3 is 1. The molecule has 1 aliphatic carbocycles. The average Bonchev–Trinajstić information content (AvgIpc) is 3.24. The van der Waals surface area contributed by atoms with E-state index in [-0.39, 0.29) is 17.4 Å². The van der Waals surface area contributed by atoms with Crippen molar-refractivity contribution >= 4 is 22.7 Å². The molecule has 31 heavy (non-hydrogen) atoms. The number of aromatic amines is 2. The molecule has 1 saturated carbocycles. The van der Waals surface area contributed by atoms with Gasteiger partial charge in [0, 0.05) is 48.8 Å². The predicted molar refractivity (Wildman–Crippen MR) is 116 cm³/mol. The second kappa shape index (κ2) is 7.53. The van der Waals surface area contributed by atoms with Crippen molar-refractivity contribution in [1.29, 1.82) is 0 Å². The Morgan fingerprint density at radius 2 is 2.10 bits per heavy atom. The number of carbonyl (C=O) groups is 2. The molecule has 0 unspecified atom stereocenters. The van der Waals surface area contributed by atoms with E-state index in [1.807, 2.05) is 42.2 Å². The molecule has 8 heteroatoms. The summed E-state index contributed by atoms with van der Waals surface area (Å²) >= 11 is 0. The normalized spacial score (nSPS) is 16.9. The fourth-order valence-electron chi connectivity index (χ4n) is 4.73. The lowest BCUT2D eigenvalue weighted by Gasteiger charge is -2.31. The molecule has 2 aromatic heterocycles. The van der Waals surface area contributed by atoms with Crippen LogP contribution >= 0.6 is 0 Å². The molecule has 1 aromatic carbocycles. The van der Waals surface area contributed by atoms with Crippen molar-refractivity contribution in [3.05, 3.63) is 53.0 Å². The van der Waals surface area contributed by atoms with E-state index in [0.29, 0.717) is 44.0 Å². The van der Waals surface area contributed by atoms with E-state index in [1.165, 1.54) is 0 Å². The van der Waals surface area contributed by atoms with Crippen LogP contribution in [0.1, 0.15) is 52.0 Å². The van der Waals surface area contributed by atoms with E-state index < -0.39 is 0 Å². The number of nitrogens with zero attached hydrogens (tertiary/aromatic N) is 3. The first-order chi connectivity index (χ1) is 15.1. The summed E-state index contributed by atoms with van der Waals surface area (Å²) in [5.74, 6) is -0.152. The summed E-state index contributed by atoms with van der Waals surface area (Å²) in [5.41, 5.74) is 3.47. The van der Waals surface area contributed by atoms with Crippen molar-refractivity contribution < 1.29 is 14.3 Å². The van der Waals surface area contributed by atoms with Crippen molar-refractivity contribution in [3.8, 4) is 0 Å². The molecule has 0 saturated heterocycles. The van der Waals surface area contributed by atoms with Crippen molar-refractivity contribution in [3.63, 3.8) is 0 Å². The maximum atomic E-state index is 13.4.